The van der Waals surface area contributed by atoms with Gasteiger partial charge in [0.15, 0.2) is 0 Å². The van der Waals surface area contributed by atoms with Crippen molar-refractivity contribution >= 4 is 21.8 Å². The van der Waals surface area contributed by atoms with Crippen LogP contribution < -0.4 is 11.0 Å². The summed E-state index contributed by atoms with van der Waals surface area (Å²) in [6.45, 7) is 0.642. The van der Waals surface area contributed by atoms with Crippen LogP contribution in [-0.4, -0.2) is 7.25 Å². The molecule has 0 radical (unpaired) electrons. The van der Waals surface area contributed by atoms with Crippen LogP contribution in [0.2, 0.25) is 0 Å². The first-order chi connectivity index (χ1) is 6.33. The maximum atomic E-state index is 9.75. The van der Waals surface area contributed by atoms with Gasteiger partial charge in [-0.25, -0.2) is 0 Å². The Morgan fingerprint density at radius 2 is 1.43 bits per heavy atom. The molecular weight excluding hydrogens is 216 g/mol. The maximum Gasteiger partial charge on any atom is 0.673 e. The second kappa shape index (κ2) is 5.99. The molecule has 1 unspecified atom stereocenters. The molecule has 0 aliphatic rings. The molecule has 0 aliphatic carbocycles. The van der Waals surface area contributed by atoms with Crippen molar-refractivity contribution in [2.45, 2.75) is 6.54 Å². The molecule has 0 aromatic heterocycles. The summed E-state index contributed by atoms with van der Waals surface area (Å²) in [4.78, 5) is 0. The second-order valence-electron chi connectivity index (χ2n) is 2.52. The molecule has 0 aliphatic heterocycles. The zero-order valence-corrected chi connectivity index (χ0v) is 8.80. The van der Waals surface area contributed by atoms with Gasteiger partial charge in [0.05, 0.1) is 5.30 Å². The van der Waals surface area contributed by atoms with Gasteiger partial charge >= 0.3 is 7.25 Å². The Kier molecular flexibility index (Phi) is 5.73. The van der Waals surface area contributed by atoms with Crippen molar-refractivity contribution in [2.24, 2.45) is 5.73 Å². The fourth-order valence-corrected chi connectivity index (χ4v) is 0.911. The van der Waals surface area contributed by atoms with E-state index in [0.29, 0.717) is 6.54 Å². The van der Waals surface area contributed by atoms with Gasteiger partial charge in [-0.2, -0.15) is 0 Å². The summed E-state index contributed by atoms with van der Waals surface area (Å²) in [7, 11) is -4.12. The van der Waals surface area contributed by atoms with Crippen LogP contribution in [0.15, 0.2) is 24.3 Å². The van der Waals surface area contributed by atoms with E-state index < -0.39 is 7.25 Å². The molecule has 1 rings (SSSR count). The minimum absolute atomic E-state index is 0.642. The fourth-order valence-electron chi connectivity index (χ4n) is 0.675. The van der Waals surface area contributed by atoms with Gasteiger partial charge in [-0.1, -0.05) is 12.1 Å². The number of nitrogens with two attached hydrogens (primary N) is 1. The highest BCUT2D eigenvalue weighted by atomic mass is 31.0. The van der Waals surface area contributed by atoms with Gasteiger partial charge in [0.2, 0.25) is 0 Å². The number of hydrogen-bond donors (Lipinski definition) is 1. The number of halogens is 4. The quantitative estimate of drug-likeness (QED) is 0.440. The molecule has 0 saturated carbocycles. The monoisotopic (exact) mass is 227 g/mol. The molecule has 1 aromatic rings. The summed E-state index contributed by atoms with van der Waals surface area (Å²) in [6.07, 6.45) is 0. The van der Waals surface area contributed by atoms with Gasteiger partial charge in [0, 0.05) is 15.8 Å². The summed E-state index contributed by atoms with van der Waals surface area (Å²) < 4.78 is 39.0. The molecule has 80 valence electrons. The first-order valence-electron chi connectivity index (χ1n) is 3.81. The Labute approximate surface area is 82.0 Å². The zero-order valence-electron chi connectivity index (χ0n) is 7.39. The minimum atomic E-state index is -6.00. The molecule has 0 spiro atoms. The number of hydrogen-bond acceptors (Lipinski definition) is 1. The third-order valence-corrected chi connectivity index (χ3v) is 1.73. The van der Waals surface area contributed by atoms with Crippen LogP contribution in [0, 0.1) is 0 Å². The first kappa shape index (κ1) is 13.4. The molecule has 0 bridgehead atoms. The summed E-state index contributed by atoms with van der Waals surface area (Å²) in [5, 5.41) is 1.31. The van der Waals surface area contributed by atoms with E-state index >= 15 is 0 Å². The summed E-state index contributed by atoms with van der Waals surface area (Å²) in [5.41, 5.74) is 6.60. The standard InChI is InChI=1S/C7H10NP.BF4/c8-5-6-1-3-7(9)4-2-6;2-1(3,4)5/h1-4H,5,8-9H2;/q;-1/p+1. The normalized spacial score (nSPS) is 10.6. The van der Waals surface area contributed by atoms with E-state index in [1.165, 1.54) is 10.9 Å². The van der Waals surface area contributed by atoms with Crippen LogP contribution in [0.25, 0.3) is 0 Å². The molecule has 0 amide bonds. The molecule has 1 aromatic carbocycles. The molecule has 2 N–H and O–H groups in total. The average Bonchev–Trinajstić information content (AvgIpc) is 2.03. The minimum Gasteiger partial charge on any atom is -0.418 e. The SMILES string of the molecule is F[B-](F)(F)F.NCc1ccc([PH3+])cc1. The Hall–Kier alpha value is -0.605. The van der Waals surface area contributed by atoms with Gasteiger partial charge in [0.25, 0.3) is 0 Å². The van der Waals surface area contributed by atoms with Crippen LogP contribution in [0.5, 0.6) is 0 Å². The Balaban J connectivity index is 0.000000292. The smallest absolute Gasteiger partial charge is 0.418 e. The van der Waals surface area contributed by atoms with Crippen LogP contribution >= 0.6 is 9.24 Å². The van der Waals surface area contributed by atoms with Gasteiger partial charge < -0.3 is 23.0 Å². The zero-order chi connectivity index (χ0) is 11.2. The molecular formula is C7H11BF4NP. The lowest BCUT2D eigenvalue weighted by Gasteiger charge is -1.94. The third-order valence-electron chi connectivity index (χ3n) is 1.26. The van der Waals surface area contributed by atoms with E-state index in [9.17, 15) is 17.3 Å². The van der Waals surface area contributed by atoms with E-state index in [1.807, 2.05) is 9.24 Å². The van der Waals surface area contributed by atoms with Gasteiger partial charge in [-0.3, -0.25) is 0 Å². The molecule has 0 saturated heterocycles. The predicted octanol–water partition coefficient (Wildman–Crippen LogP) is 1.68. The number of rotatable bonds is 1. The van der Waals surface area contributed by atoms with Crippen LogP contribution in [0.4, 0.5) is 17.3 Å². The van der Waals surface area contributed by atoms with Crippen molar-refractivity contribution in [1.29, 1.82) is 0 Å². The van der Waals surface area contributed by atoms with E-state index in [4.69, 9.17) is 5.73 Å². The topological polar surface area (TPSA) is 26.0 Å². The van der Waals surface area contributed by atoms with Crippen molar-refractivity contribution < 1.29 is 17.3 Å². The molecule has 1 atom stereocenters. The molecule has 14 heavy (non-hydrogen) atoms. The van der Waals surface area contributed by atoms with Gasteiger partial charge in [0.1, 0.15) is 0 Å². The lowest BCUT2D eigenvalue weighted by Crippen LogP contribution is -2.02. The maximum absolute atomic E-state index is 9.75. The van der Waals surface area contributed by atoms with E-state index in [1.54, 1.807) is 0 Å². The lowest BCUT2D eigenvalue weighted by atomic mass is 10.2. The highest BCUT2D eigenvalue weighted by Crippen LogP contribution is 2.06. The summed E-state index contributed by atoms with van der Waals surface area (Å²) in [6, 6.07) is 8.28. The fraction of sp³-hybridized carbons (Fsp3) is 0.143. The van der Waals surface area contributed by atoms with Crippen LogP contribution in [0.1, 0.15) is 5.56 Å². The van der Waals surface area contributed by atoms with Crippen LogP contribution in [-0.2, 0) is 6.54 Å². The third kappa shape index (κ3) is 9.48. The Bertz CT molecular complexity index is 255. The highest BCUT2D eigenvalue weighted by Gasteiger charge is 2.20. The largest absolute Gasteiger partial charge is 0.673 e. The molecule has 1 nitrogen and oxygen atoms in total. The summed E-state index contributed by atoms with van der Waals surface area (Å²) in [5.74, 6) is 0. The van der Waals surface area contributed by atoms with Crippen molar-refractivity contribution in [3.05, 3.63) is 29.8 Å². The van der Waals surface area contributed by atoms with Gasteiger partial charge in [-0.05, 0) is 17.7 Å². The van der Waals surface area contributed by atoms with Crippen molar-refractivity contribution in [1.82, 2.24) is 0 Å². The average molecular weight is 227 g/mol. The first-order valence-corrected chi connectivity index (χ1v) is 4.52. The Morgan fingerprint density at radius 3 is 1.71 bits per heavy atom. The van der Waals surface area contributed by atoms with Crippen molar-refractivity contribution in [2.75, 3.05) is 0 Å². The van der Waals surface area contributed by atoms with Gasteiger partial charge in [-0.15, -0.1) is 0 Å². The van der Waals surface area contributed by atoms with E-state index in [2.05, 4.69) is 24.3 Å². The molecule has 0 heterocycles. The molecule has 0 fully saturated rings. The molecule has 7 heteroatoms. The Morgan fingerprint density at radius 1 is 1.07 bits per heavy atom. The van der Waals surface area contributed by atoms with E-state index in [-0.39, 0.29) is 0 Å². The van der Waals surface area contributed by atoms with Crippen molar-refractivity contribution in [3.63, 3.8) is 0 Å². The van der Waals surface area contributed by atoms with E-state index in [0.717, 1.165) is 0 Å². The lowest BCUT2D eigenvalue weighted by molar-refractivity contribution is 0.368. The summed E-state index contributed by atoms with van der Waals surface area (Å²) >= 11 is 0. The number of benzene rings is 1. The highest BCUT2D eigenvalue weighted by molar-refractivity contribution is 7.27. The van der Waals surface area contributed by atoms with Crippen LogP contribution in [0.3, 0.4) is 0 Å². The second-order valence-corrected chi connectivity index (χ2v) is 3.33. The predicted molar refractivity (Wildman–Crippen MR) is 55.3 cm³/mol. The van der Waals surface area contributed by atoms with Crippen molar-refractivity contribution in [3.8, 4) is 0 Å².